The van der Waals surface area contributed by atoms with Gasteiger partial charge in [-0.2, -0.15) is 11.8 Å². The zero-order valence-corrected chi connectivity index (χ0v) is 7.78. The highest BCUT2D eigenvalue weighted by Gasteiger charge is 2.15. The van der Waals surface area contributed by atoms with Crippen LogP contribution >= 0.6 is 11.8 Å². The lowest BCUT2D eigenvalue weighted by Gasteiger charge is -2.28. The van der Waals surface area contributed by atoms with Gasteiger partial charge in [0.1, 0.15) is 0 Å². The maximum Gasteiger partial charge on any atom is 0.00712 e. The van der Waals surface area contributed by atoms with Crippen molar-refractivity contribution in [2.45, 2.75) is 25.0 Å². The van der Waals surface area contributed by atoms with E-state index in [1.807, 2.05) is 0 Å². The second-order valence-electron chi connectivity index (χ2n) is 2.96. The van der Waals surface area contributed by atoms with Gasteiger partial charge in [-0.1, -0.05) is 6.92 Å². The highest BCUT2D eigenvalue weighted by atomic mass is 32.2. The molecule has 0 aromatic heterocycles. The summed E-state index contributed by atoms with van der Waals surface area (Å²) in [5.74, 6) is 1.29. The van der Waals surface area contributed by atoms with Crippen molar-refractivity contribution >= 4 is 11.8 Å². The molecule has 10 heavy (non-hydrogen) atoms. The molecule has 1 heterocycles. The predicted molar refractivity (Wildman–Crippen MR) is 48.7 cm³/mol. The van der Waals surface area contributed by atoms with Crippen molar-refractivity contribution in [3.8, 4) is 0 Å². The van der Waals surface area contributed by atoms with Crippen molar-refractivity contribution in [3.63, 3.8) is 0 Å². The monoisotopic (exact) mass is 159 g/mol. The van der Waals surface area contributed by atoms with Crippen molar-refractivity contribution in [1.29, 1.82) is 0 Å². The third-order valence-electron chi connectivity index (χ3n) is 2.07. The van der Waals surface area contributed by atoms with E-state index < -0.39 is 0 Å². The lowest BCUT2D eigenvalue weighted by Crippen LogP contribution is -2.31. The molecule has 1 aliphatic heterocycles. The van der Waals surface area contributed by atoms with Gasteiger partial charge in [-0.25, -0.2) is 0 Å². The van der Waals surface area contributed by atoms with Gasteiger partial charge in [-0.05, 0) is 38.7 Å². The molecule has 60 valence electrons. The molecule has 0 aromatic rings. The first kappa shape index (κ1) is 8.41. The second-order valence-corrected chi connectivity index (χ2v) is 4.54. The molecule has 1 fully saturated rings. The molecule has 1 saturated heterocycles. The summed E-state index contributed by atoms with van der Waals surface area (Å²) in [7, 11) is 2.22. The Kier molecular flexibility index (Phi) is 3.57. The second kappa shape index (κ2) is 4.24. The number of likely N-dealkylation sites (tertiary alicyclic amines) is 1. The lowest BCUT2D eigenvalue weighted by atomic mass is 10.1. The maximum absolute atomic E-state index is 2.42. The molecule has 1 nitrogen and oxygen atoms in total. The number of piperidine rings is 1. The highest BCUT2D eigenvalue weighted by Crippen LogP contribution is 2.21. The molecule has 0 aliphatic carbocycles. The topological polar surface area (TPSA) is 3.24 Å². The van der Waals surface area contributed by atoms with Crippen LogP contribution in [-0.4, -0.2) is 36.0 Å². The van der Waals surface area contributed by atoms with E-state index in [0.717, 1.165) is 5.25 Å². The van der Waals surface area contributed by atoms with Crippen LogP contribution < -0.4 is 0 Å². The molecule has 0 spiro atoms. The van der Waals surface area contributed by atoms with Gasteiger partial charge in [0.25, 0.3) is 0 Å². The Morgan fingerprint density at radius 2 is 2.00 bits per heavy atom. The van der Waals surface area contributed by atoms with E-state index in [1.165, 1.54) is 31.7 Å². The van der Waals surface area contributed by atoms with E-state index in [-0.39, 0.29) is 0 Å². The molecule has 0 amide bonds. The van der Waals surface area contributed by atoms with Crippen LogP contribution in [0.1, 0.15) is 19.8 Å². The number of thioether (sulfide) groups is 1. The Morgan fingerprint density at radius 3 is 2.50 bits per heavy atom. The van der Waals surface area contributed by atoms with Gasteiger partial charge in [-0.3, -0.25) is 0 Å². The molecule has 0 bridgehead atoms. The summed E-state index contributed by atoms with van der Waals surface area (Å²) < 4.78 is 0. The molecule has 0 saturated carbocycles. The summed E-state index contributed by atoms with van der Waals surface area (Å²) in [5.41, 5.74) is 0. The fraction of sp³-hybridized carbons (Fsp3) is 1.00. The number of rotatable bonds is 2. The van der Waals surface area contributed by atoms with Crippen molar-refractivity contribution in [1.82, 2.24) is 4.90 Å². The Balaban J connectivity index is 2.13. The highest BCUT2D eigenvalue weighted by molar-refractivity contribution is 7.99. The summed E-state index contributed by atoms with van der Waals surface area (Å²) in [5, 5.41) is 0.959. The molecular formula is C8H17NS. The molecule has 0 aromatic carbocycles. The van der Waals surface area contributed by atoms with E-state index in [4.69, 9.17) is 0 Å². The zero-order chi connectivity index (χ0) is 7.40. The first-order chi connectivity index (χ1) is 4.83. The summed E-state index contributed by atoms with van der Waals surface area (Å²) in [6.07, 6.45) is 2.80. The zero-order valence-electron chi connectivity index (χ0n) is 6.97. The molecule has 0 N–H and O–H groups in total. The first-order valence-electron chi connectivity index (χ1n) is 4.13. The van der Waals surface area contributed by atoms with Crippen molar-refractivity contribution in [2.24, 2.45) is 0 Å². The van der Waals surface area contributed by atoms with E-state index in [1.54, 1.807) is 0 Å². The van der Waals surface area contributed by atoms with Gasteiger partial charge in [0.05, 0.1) is 0 Å². The summed E-state index contributed by atoms with van der Waals surface area (Å²) in [6, 6.07) is 0. The van der Waals surface area contributed by atoms with Gasteiger partial charge in [0.15, 0.2) is 0 Å². The molecule has 0 radical (unpaired) electrons. The standard InChI is InChI=1S/C8H17NS/c1-3-10-8-4-6-9(2)7-5-8/h8H,3-7H2,1-2H3. The van der Waals surface area contributed by atoms with Crippen LogP contribution in [-0.2, 0) is 0 Å². The molecule has 1 rings (SSSR count). The number of hydrogen-bond acceptors (Lipinski definition) is 2. The van der Waals surface area contributed by atoms with E-state index in [2.05, 4.69) is 30.6 Å². The summed E-state index contributed by atoms with van der Waals surface area (Å²) >= 11 is 2.13. The maximum atomic E-state index is 2.42. The van der Waals surface area contributed by atoms with E-state index >= 15 is 0 Å². The average molecular weight is 159 g/mol. The Hall–Kier alpha value is 0.310. The molecule has 1 aliphatic rings. The van der Waals surface area contributed by atoms with Gasteiger partial charge in [0, 0.05) is 5.25 Å². The fourth-order valence-electron chi connectivity index (χ4n) is 1.39. The minimum atomic E-state index is 0.959. The van der Waals surface area contributed by atoms with E-state index in [0.29, 0.717) is 0 Å². The van der Waals surface area contributed by atoms with Crippen LogP contribution in [0.25, 0.3) is 0 Å². The van der Waals surface area contributed by atoms with Crippen LogP contribution in [0.3, 0.4) is 0 Å². The van der Waals surface area contributed by atoms with Crippen LogP contribution in [0.15, 0.2) is 0 Å². The van der Waals surface area contributed by atoms with Crippen LogP contribution in [0, 0.1) is 0 Å². The normalized spacial score (nSPS) is 23.4. The average Bonchev–Trinajstić information content (AvgIpc) is 1.95. The Labute approximate surface area is 68.2 Å². The van der Waals surface area contributed by atoms with Crippen molar-refractivity contribution in [2.75, 3.05) is 25.9 Å². The van der Waals surface area contributed by atoms with Gasteiger partial charge in [0.2, 0.25) is 0 Å². The fourth-order valence-corrected chi connectivity index (χ4v) is 2.40. The van der Waals surface area contributed by atoms with E-state index in [9.17, 15) is 0 Å². The number of hydrogen-bond donors (Lipinski definition) is 0. The number of nitrogens with zero attached hydrogens (tertiary/aromatic N) is 1. The third kappa shape index (κ3) is 2.51. The SMILES string of the molecule is CCSC1CCN(C)CC1. The first-order valence-corrected chi connectivity index (χ1v) is 5.18. The van der Waals surface area contributed by atoms with Crippen LogP contribution in [0.5, 0.6) is 0 Å². The van der Waals surface area contributed by atoms with Crippen LogP contribution in [0.2, 0.25) is 0 Å². The Bertz CT molecular complexity index is 87.3. The van der Waals surface area contributed by atoms with Crippen LogP contribution in [0.4, 0.5) is 0 Å². The smallest absolute Gasteiger partial charge is 0.00712 e. The van der Waals surface area contributed by atoms with Gasteiger partial charge < -0.3 is 4.90 Å². The molecule has 0 atom stereocenters. The van der Waals surface area contributed by atoms with Gasteiger partial charge >= 0.3 is 0 Å². The summed E-state index contributed by atoms with van der Waals surface area (Å²) in [6.45, 7) is 4.86. The third-order valence-corrected chi connectivity index (χ3v) is 3.34. The lowest BCUT2D eigenvalue weighted by molar-refractivity contribution is 0.282. The minimum Gasteiger partial charge on any atom is -0.306 e. The Morgan fingerprint density at radius 1 is 1.40 bits per heavy atom. The predicted octanol–water partition coefficient (Wildman–Crippen LogP) is 1.83. The van der Waals surface area contributed by atoms with Crippen molar-refractivity contribution in [3.05, 3.63) is 0 Å². The summed E-state index contributed by atoms with van der Waals surface area (Å²) in [4.78, 5) is 2.42. The molecule has 2 heteroatoms. The van der Waals surface area contributed by atoms with Gasteiger partial charge in [-0.15, -0.1) is 0 Å². The molecular weight excluding hydrogens is 142 g/mol. The molecule has 0 unspecified atom stereocenters. The minimum absolute atomic E-state index is 0.959. The van der Waals surface area contributed by atoms with Crippen molar-refractivity contribution < 1.29 is 0 Å². The quantitative estimate of drug-likeness (QED) is 0.605. The largest absolute Gasteiger partial charge is 0.306 e.